The lowest BCUT2D eigenvalue weighted by Gasteiger charge is -2.18. The summed E-state index contributed by atoms with van der Waals surface area (Å²) in [5.74, 6) is -5.35. The molecule has 0 bridgehead atoms. The molecule has 0 aliphatic carbocycles. The molecule has 0 heterocycles. The first-order valence-corrected chi connectivity index (χ1v) is 10.8. The first kappa shape index (κ1) is 29.1. The highest BCUT2D eigenvalue weighted by molar-refractivity contribution is 6.33. The molecule has 0 spiro atoms. The number of methoxy groups -OCH3 is 2. The van der Waals surface area contributed by atoms with Gasteiger partial charge in [0, 0.05) is 43.4 Å². The van der Waals surface area contributed by atoms with Gasteiger partial charge in [-0.2, -0.15) is 0 Å². The Morgan fingerprint density at radius 1 is 0.703 bits per heavy atom. The summed E-state index contributed by atoms with van der Waals surface area (Å²) in [5, 5.41) is 0. The number of ether oxygens (including phenoxy) is 5. The third-order valence-electron chi connectivity index (χ3n) is 4.76. The molecule has 0 saturated heterocycles. The molecule has 10 heteroatoms. The van der Waals surface area contributed by atoms with E-state index in [2.05, 4.69) is 13.2 Å². The Morgan fingerprint density at radius 3 is 1.62 bits per heavy atom. The van der Waals surface area contributed by atoms with E-state index in [0.717, 1.165) is 13.0 Å². The summed E-state index contributed by atoms with van der Waals surface area (Å²) in [7, 11) is 2.77. The van der Waals surface area contributed by atoms with Crippen LogP contribution in [0.1, 0.15) is 31.9 Å². The number of carbonyl (C=O) groups is 4. The minimum absolute atomic E-state index is 0.0717. The molecule has 37 heavy (non-hydrogen) atoms. The molecule has 0 saturated carbocycles. The van der Waals surface area contributed by atoms with E-state index in [9.17, 15) is 19.2 Å². The molecule has 0 fully saturated rings. The number of carbonyl (C=O) groups excluding carboxylic acids is 4. The quantitative estimate of drug-likeness (QED) is 0.188. The summed E-state index contributed by atoms with van der Waals surface area (Å²) >= 11 is 0. The van der Waals surface area contributed by atoms with Gasteiger partial charge in [0.25, 0.3) is 0 Å². The van der Waals surface area contributed by atoms with Crippen molar-refractivity contribution in [3.05, 3.63) is 65.5 Å². The molecule has 2 aromatic rings. The van der Waals surface area contributed by atoms with Gasteiger partial charge in [-0.3, -0.25) is 4.79 Å². The first-order chi connectivity index (χ1) is 17.4. The summed E-state index contributed by atoms with van der Waals surface area (Å²) in [6.07, 6.45) is 0. The van der Waals surface area contributed by atoms with Crippen LogP contribution in [-0.2, 0) is 41.9 Å². The van der Waals surface area contributed by atoms with E-state index in [1.54, 1.807) is 0 Å². The van der Waals surface area contributed by atoms with E-state index in [1.165, 1.54) is 46.3 Å². The molecule has 0 amide bonds. The molecule has 0 aliphatic heterocycles. The number of halogens is 1. The van der Waals surface area contributed by atoms with E-state index in [0.29, 0.717) is 5.56 Å². The molecule has 0 unspecified atom stereocenters. The zero-order valence-electron chi connectivity index (χ0n) is 21.2. The zero-order valence-corrected chi connectivity index (χ0v) is 21.2. The smallest absolute Gasteiger partial charge is 0.379 e. The zero-order chi connectivity index (χ0) is 27.9. The fourth-order valence-electron chi connectivity index (χ4n) is 3.01. The van der Waals surface area contributed by atoms with Crippen molar-refractivity contribution in [3.8, 4) is 28.4 Å². The highest BCUT2D eigenvalue weighted by Crippen LogP contribution is 2.39. The van der Waals surface area contributed by atoms with Crippen molar-refractivity contribution in [3.63, 3.8) is 0 Å². The predicted molar refractivity (Wildman–Crippen MR) is 130 cm³/mol. The monoisotopic (exact) mass is 514 g/mol. The van der Waals surface area contributed by atoms with Crippen LogP contribution in [0.5, 0.6) is 17.2 Å². The standard InChI is InChI=1S/C27H27FO9/c1-14(2)25(30)36-23-19(12-33-6)8-17(10-21(23)28)18-9-20(13-34-7)24(37-26(31)15(3)4)22(11-18)35-27(32)16(5)29/h8-11H,1,3,12-13H2,2,4-7H3. The molecular formula is C27H27FO9. The lowest BCUT2D eigenvalue weighted by molar-refractivity contribution is -0.146. The number of hydrogen-bond acceptors (Lipinski definition) is 9. The van der Waals surface area contributed by atoms with Gasteiger partial charge in [-0.15, -0.1) is 0 Å². The lowest BCUT2D eigenvalue weighted by Crippen LogP contribution is -2.19. The van der Waals surface area contributed by atoms with Gasteiger partial charge in [0.2, 0.25) is 5.78 Å². The van der Waals surface area contributed by atoms with E-state index >= 15 is 4.39 Å². The molecule has 2 rings (SSSR count). The second kappa shape index (κ2) is 12.7. The van der Waals surface area contributed by atoms with Gasteiger partial charge in [-0.25, -0.2) is 18.8 Å². The Bertz CT molecular complexity index is 1280. The van der Waals surface area contributed by atoms with Gasteiger partial charge in [0.05, 0.1) is 13.2 Å². The topological polar surface area (TPSA) is 114 Å². The van der Waals surface area contributed by atoms with Crippen molar-refractivity contribution < 1.29 is 47.3 Å². The first-order valence-electron chi connectivity index (χ1n) is 10.8. The molecule has 0 aromatic heterocycles. The normalized spacial score (nSPS) is 10.4. The van der Waals surface area contributed by atoms with Crippen LogP contribution in [0.4, 0.5) is 4.39 Å². The molecule has 9 nitrogen and oxygen atoms in total. The van der Waals surface area contributed by atoms with Gasteiger partial charge < -0.3 is 23.7 Å². The maximum atomic E-state index is 15.2. The summed E-state index contributed by atoms with van der Waals surface area (Å²) < 4.78 is 41.2. The maximum Gasteiger partial charge on any atom is 0.379 e. The highest BCUT2D eigenvalue weighted by Gasteiger charge is 2.24. The molecule has 2 aromatic carbocycles. The second-order valence-electron chi connectivity index (χ2n) is 8.06. The Kier molecular flexibility index (Phi) is 9.98. The summed E-state index contributed by atoms with van der Waals surface area (Å²) in [6.45, 7) is 10.7. The minimum atomic E-state index is -1.21. The third-order valence-corrected chi connectivity index (χ3v) is 4.76. The van der Waals surface area contributed by atoms with Crippen LogP contribution in [0.25, 0.3) is 11.1 Å². The highest BCUT2D eigenvalue weighted by atomic mass is 19.1. The fourth-order valence-corrected chi connectivity index (χ4v) is 3.01. The Morgan fingerprint density at radius 2 is 1.16 bits per heavy atom. The van der Waals surface area contributed by atoms with E-state index < -0.39 is 29.5 Å². The number of hydrogen-bond donors (Lipinski definition) is 0. The lowest BCUT2D eigenvalue weighted by atomic mass is 9.99. The summed E-state index contributed by atoms with van der Waals surface area (Å²) in [6, 6.07) is 5.43. The SMILES string of the molecule is C=C(C)C(=O)Oc1c(F)cc(-c2cc(COC)c(OC(=O)C(=C)C)c(OC(=O)C(C)=O)c2)cc1COC. The van der Waals surface area contributed by atoms with E-state index in [-0.39, 0.29) is 58.3 Å². The van der Waals surface area contributed by atoms with E-state index in [4.69, 9.17) is 23.7 Å². The largest absolute Gasteiger partial charge is 0.420 e. The van der Waals surface area contributed by atoms with Gasteiger partial charge in [0.1, 0.15) is 0 Å². The summed E-state index contributed by atoms with van der Waals surface area (Å²) in [4.78, 5) is 47.9. The third kappa shape index (κ3) is 7.42. The van der Waals surface area contributed by atoms with Crippen molar-refractivity contribution in [2.24, 2.45) is 0 Å². The molecule has 0 radical (unpaired) electrons. The van der Waals surface area contributed by atoms with Crippen molar-refractivity contribution in [2.45, 2.75) is 34.0 Å². The van der Waals surface area contributed by atoms with Crippen LogP contribution in [0.2, 0.25) is 0 Å². The number of rotatable bonds is 11. The Labute approximate surface area is 213 Å². The van der Waals surface area contributed by atoms with Crippen molar-refractivity contribution >= 4 is 23.7 Å². The van der Waals surface area contributed by atoms with Crippen LogP contribution in [0.15, 0.2) is 48.6 Å². The minimum Gasteiger partial charge on any atom is -0.420 e. The second-order valence-corrected chi connectivity index (χ2v) is 8.06. The Balaban J connectivity index is 2.76. The van der Waals surface area contributed by atoms with Crippen LogP contribution < -0.4 is 14.2 Å². The van der Waals surface area contributed by atoms with Crippen molar-refractivity contribution in [1.82, 2.24) is 0 Å². The number of Topliss-reactive ketones (excluding diaryl/α,β-unsaturated/α-hetero) is 1. The molecule has 0 atom stereocenters. The van der Waals surface area contributed by atoms with Crippen LogP contribution in [0, 0.1) is 5.82 Å². The number of ketones is 1. The molecule has 0 N–H and O–H groups in total. The molecule has 196 valence electrons. The predicted octanol–water partition coefficient (Wildman–Crippen LogP) is 4.24. The fraction of sp³-hybridized carbons (Fsp3) is 0.259. The van der Waals surface area contributed by atoms with Gasteiger partial charge >= 0.3 is 17.9 Å². The molecular weight excluding hydrogens is 487 g/mol. The number of esters is 3. The Hall–Kier alpha value is -4.15. The van der Waals surface area contributed by atoms with Gasteiger partial charge in [0.15, 0.2) is 23.1 Å². The van der Waals surface area contributed by atoms with Crippen molar-refractivity contribution in [2.75, 3.05) is 14.2 Å². The average molecular weight is 515 g/mol. The van der Waals surface area contributed by atoms with Crippen molar-refractivity contribution in [1.29, 1.82) is 0 Å². The maximum absolute atomic E-state index is 15.2. The van der Waals surface area contributed by atoms with Crippen LogP contribution in [0.3, 0.4) is 0 Å². The van der Waals surface area contributed by atoms with Gasteiger partial charge in [-0.1, -0.05) is 13.2 Å². The average Bonchev–Trinajstić information content (AvgIpc) is 2.82. The van der Waals surface area contributed by atoms with Gasteiger partial charge in [-0.05, 0) is 49.2 Å². The summed E-state index contributed by atoms with van der Waals surface area (Å²) in [5.41, 5.74) is 1.20. The van der Waals surface area contributed by atoms with Crippen LogP contribution in [-0.4, -0.2) is 37.9 Å². The molecule has 0 aliphatic rings. The van der Waals surface area contributed by atoms with E-state index in [1.807, 2.05) is 0 Å². The number of benzene rings is 2. The van der Waals surface area contributed by atoms with Crippen LogP contribution >= 0.6 is 0 Å².